The molecule has 6 heteroatoms. The fourth-order valence-electron chi connectivity index (χ4n) is 1.42. The highest BCUT2D eigenvalue weighted by atomic mass is 32.2. The molecule has 0 aliphatic rings. The third-order valence-corrected chi connectivity index (χ3v) is 3.49. The highest BCUT2D eigenvalue weighted by Gasteiger charge is 2.05. The molecule has 0 unspecified atom stereocenters. The number of nitrogens with one attached hydrogen (secondary N) is 1. The van der Waals surface area contributed by atoms with Crippen molar-refractivity contribution in [3.05, 3.63) is 29.8 Å². The van der Waals surface area contributed by atoms with Gasteiger partial charge in [-0.2, -0.15) is 0 Å². The molecule has 5 nitrogen and oxygen atoms in total. The molecule has 0 atom stereocenters. The van der Waals surface area contributed by atoms with Crippen molar-refractivity contribution in [1.82, 2.24) is 5.32 Å². The second-order valence-electron chi connectivity index (χ2n) is 3.99. The van der Waals surface area contributed by atoms with Gasteiger partial charge in [-0.3, -0.25) is 0 Å². The Morgan fingerprint density at radius 2 is 1.89 bits per heavy atom. The van der Waals surface area contributed by atoms with E-state index in [1.165, 1.54) is 6.26 Å². The van der Waals surface area contributed by atoms with Crippen LogP contribution in [0.2, 0.25) is 0 Å². The van der Waals surface area contributed by atoms with Gasteiger partial charge in [-0.1, -0.05) is 12.1 Å². The van der Waals surface area contributed by atoms with E-state index >= 15 is 0 Å². The molecule has 0 amide bonds. The summed E-state index contributed by atoms with van der Waals surface area (Å²) in [5.74, 6) is 0. The second-order valence-corrected chi connectivity index (χ2v) is 6.01. The maximum Gasteiger partial charge on any atom is 0.175 e. The Kier molecular flexibility index (Phi) is 6.28. The average molecular weight is 272 g/mol. The van der Waals surface area contributed by atoms with E-state index in [1.807, 2.05) is 12.1 Å². The first kappa shape index (κ1) is 15.1. The largest absolute Gasteiger partial charge is 0.379 e. The molecule has 0 spiro atoms. The SMILES string of the molecule is CS(=O)(=O)c1ccc(CNCCOCCN)cc1. The van der Waals surface area contributed by atoms with E-state index in [0.29, 0.717) is 31.2 Å². The van der Waals surface area contributed by atoms with E-state index in [4.69, 9.17) is 10.5 Å². The maximum atomic E-state index is 11.3. The zero-order chi connectivity index (χ0) is 13.4. The fraction of sp³-hybridized carbons (Fsp3) is 0.500. The summed E-state index contributed by atoms with van der Waals surface area (Å²) in [6.07, 6.45) is 1.20. The van der Waals surface area contributed by atoms with Crippen molar-refractivity contribution in [1.29, 1.82) is 0 Å². The van der Waals surface area contributed by atoms with Crippen LogP contribution in [-0.2, 0) is 21.1 Å². The van der Waals surface area contributed by atoms with Crippen molar-refractivity contribution in [3.8, 4) is 0 Å². The lowest BCUT2D eigenvalue weighted by atomic mass is 10.2. The molecule has 18 heavy (non-hydrogen) atoms. The highest BCUT2D eigenvalue weighted by molar-refractivity contribution is 7.90. The van der Waals surface area contributed by atoms with E-state index in [0.717, 1.165) is 12.1 Å². The molecule has 0 aliphatic carbocycles. The van der Waals surface area contributed by atoms with Gasteiger partial charge in [0.25, 0.3) is 0 Å². The summed E-state index contributed by atoms with van der Waals surface area (Å²) in [5.41, 5.74) is 6.33. The molecule has 0 radical (unpaired) electrons. The Morgan fingerprint density at radius 1 is 1.22 bits per heavy atom. The summed E-state index contributed by atoms with van der Waals surface area (Å²) in [7, 11) is -3.11. The molecule has 0 bridgehead atoms. The van der Waals surface area contributed by atoms with E-state index in [9.17, 15) is 8.42 Å². The first-order chi connectivity index (χ1) is 8.54. The van der Waals surface area contributed by atoms with E-state index < -0.39 is 9.84 Å². The standard InChI is InChI=1S/C12H20N2O3S/c1-18(15,16)12-4-2-11(3-5-12)10-14-7-9-17-8-6-13/h2-5,14H,6-10,13H2,1H3. The van der Waals surface area contributed by atoms with E-state index in [-0.39, 0.29) is 0 Å². The first-order valence-electron chi connectivity index (χ1n) is 5.81. The minimum Gasteiger partial charge on any atom is -0.379 e. The van der Waals surface area contributed by atoms with Crippen LogP contribution in [-0.4, -0.2) is 41.0 Å². The van der Waals surface area contributed by atoms with Crippen LogP contribution in [0.4, 0.5) is 0 Å². The molecule has 0 heterocycles. The van der Waals surface area contributed by atoms with E-state index in [2.05, 4.69) is 5.32 Å². The lowest BCUT2D eigenvalue weighted by Crippen LogP contribution is -2.21. The normalized spacial score (nSPS) is 11.7. The highest BCUT2D eigenvalue weighted by Crippen LogP contribution is 2.09. The number of hydrogen-bond donors (Lipinski definition) is 2. The predicted molar refractivity (Wildman–Crippen MR) is 71.1 cm³/mol. The van der Waals surface area contributed by atoms with Crippen molar-refractivity contribution < 1.29 is 13.2 Å². The predicted octanol–water partition coefficient (Wildman–Crippen LogP) is 0.155. The van der Waals surface area contributed by atoms with Crippen LogP contribution in [0.5, 0.6) is 0 Å². The van der Waals surface area contributed by atoms with Crippen molar-refractivity contribution in [2.45, 2.75) is 11.4 Å². The van der Waals surface area contributed by atoms with Gasteiger partial charge in [0, 0.05) is 25.9 Å². The third-order valence-electron chi connectivity index (χ3n) is 2.37. The zero-order valence-electron chi connectivity index (χ0n) is 10.6. The molecule has 0 aromatic heterocycles. The van der Waals surface area contributed by atoms with Gasteiger partial charge in [-0.25, -0.2) is 8.42 Å². The molecule has 0 aliphatic heterocycles. The van der Waals surface area contributed by atoms with Gasteiger partial charge in [0.1, 0.15) is 0 Å². The van der Waals surface area contributed by atoms with Crippen molar-refractivity contribution >= 4 is 9.84 Å². The number of hydrogen-bond acceptors (Lipinski definition) is 5. The molecule has 0 saturated carbocycles. The van der Waals surface area contributed by atoms with Crippen LogP contribution in [0.15, 0.2) is 29.2 Å². The Labute approximate surface area is 108 Å². The fourth-order valence-corrected chi connectivity index (χ4v) is 2.05. The van der Waals surface area contributed by atoms with E-state index in [1.54, 1.807) is 12.1 Å². The molecular formula is C12H20N2O3S. The molecular weight excluding hydrogens is 252 g/mol. The van der Waals surface area contributed by atoms with Crippen molar-refractivity contribution in [2.75, 3.05) is 32.6 Å². The summed E-state index contributed by atoms with van der Waals surface area (Å²) in [5, 5.41) is 3.20. The van der Waals surface area contributed by atoms with Gasteiger partial charge >= 0.3 is 0 Å². The Balaban J connectivity index is 2.32. The van der Waals surface area contributed by atoms with Gasteiger partial charge in [0.05, 0.1) is 18.1 Å². The summed E-state index contributed by atoms with van der Waals surface area (Å²) in [6, 6.07) is 6.86. The number of ether oxygens (including phenoxy) is 1. The summed E-state index contributed by atoms with van der Waals surface area (Å²) in [6.45, 7) is 3.17. The van der Waals surface area contributed by atoms with Crippen LogP contribution in [0.3, 0.4) is 0 Å². The second kappa shape index (κ2) is 7.48. The number of benzene rings is 1. The number of nitrogens with two attached hydrogens (primary N) is 1. The summed E-state index contributed by atoms with van der Waals surface area (Å²) >= 11 is 0. The number of sulfone groups is 1. The average Bonchev–Trinajstić information content (AvgIpc) is 2.33. The molecule has 102 valence electrons. The topological polar surface area (TPSA) is 81.4 Å². The molecule has 0 fully saturated rings. The molecule has 3 N–H and O–H groups in total. The molecule has 0 saturated heterocycles. The van der Waals surface area contributed by atoms with Crippen LogP contribution in [0.1, 0.15) is 5.56 Å². The van der Waals surface area contributed by atoms with Gasteiger partial charge in [0.2, 0.25) is 0 Å². The molecule has 1 aromatic carbocycles. The smallest absolute Gasteiger partial charge is 0.175 e. The van der Waals surface area contributed by atoms with Gasteiger partial charge in [-0.05, 0) is 17.7 Å². The van der Waals surface area contributed by atoms with Crippen LogP contribution >= 0.6 is 0 Å². The molecule has 1 rings (SSSR count). The Morgan fingerprint density at radius 3 is 2.44 bits per heavy atom. The minimum atomic E-state index is -3.11. The number of rotatable bonds is 8. The van der Waals surface area contributed by atoms with Crippen LogP contribution in [0.25, 0.3) is 0 Å². The zero-order valence-corrected chi connectivity index (χ0v) is 11.4. The Hall–Kier alpha value is -0.950. The molecule has 1 aromatic rings. The van der Waals surface area contributed by atoms with Crippen molar-refractivity contribution in [3.63, 3.8) is 0 Å². The summed E-state index contributed by atoms with van der Waals surface area (Å²) in [4.78, 5) is 0.345. The Bertz CT molecular complexity index is 443. The monoisotopic (exact) mass is 272 g/mol. The van der Waals surface area contributed by atoms with Crippen LogP contribution < -0.4 is 11.1 Å². The first-order valence-corrected chi connectivity index (χ1v) is 7.70. The van der Waals surface area contributed by atoms with Gasteiger partial charge in [0.15, 0.2) is 9.84 Å². The van der Waals surface area contributed by atoms with Gasteiger partial charge < -0.3 is 15.8 Å². The maximum absolute atomic E-state index is 11.3. The van der Waals surface area contributed by atoms with Crippen molar-refractivity contribution in [2.24, 2.45) is 5.73 Å². The summed E-state index contributed by atoms with van der Waals surface area (Å²) < 4.78 is 27.7. The third kappa shape index (κ3) is 5.59. The quantitative estimate of drug-likeness (QED) is 0.659. The van der Waals surface area contributed by atoms with Gasteiger partial charge in [-0.15, -0.1) is 0 Å². The lowest BCUT2D eigenvalue weighted by molar-refractivity contribution is 0.143. The minimum absolute atomic E-state index is 0.345. The van der Waals surface area contributed by atoms with Crippen LogP contribution in [0, 0.1) is 0 Å². The lowest BCUT2D eigenvalue weighted by Gasteiger charge is -2.06.